The lowest BCUT2D eigenvalue weighted by molar-refractivity contribution is 0.102. The smallest absolute Gasteiger partial charge is 0.256 e. The van der Waals surface area contributed by atoms with E-state index in [1.165, 1.54) is 6.33 Å². The van der Waals surface area contributed by atoms with Crippen molar-refractivity contribution in [3.63, 3.8) is 0 Å². The number of nitrogens with zero attached hydrogens (tertiary/aromatic N) is 2. The minimum atomic E-state index is -0.208. The van der Waals surface area contributed by atoms with Gasteiger partial charge in [-0.3, -0.25) is 4.79 Å². The predicted molar refractivity (Wildman–Crippen MR) is 88.4 cm³/mol. The van der Waals surface area contributed by atoms with Gasteiger partial charge in [-0.05, 0) is 24.3 Å². The van der Waals surface area contributed by atoms with Crippen molar-refractivity contribution < 1.29 is 9.53 Å². The van der Waals surface area contributed by atoms with Crippen LogP contribution < -0.4 is 10.1 Å². The minimum Gasteiger partial charge on any atom is -0.497 e. The Hall–Kier alpha value is -3.21. The fraction of sp³-hybridized carbons (Fsp3) is 0.0556. The lowest BCUT2D eigenvalue weighted by atomic mass is 10.1. The van der Waals surface area contributed by atoms with Crippen molar-refractivity contribution in [3.8, 4) is 17.0 Å². The van der Waals surface area contributed by atoms with E-state index in [1.807, 2.05) is 42.5 Å². The molecule has 1 heterocycles. The molecule has 0 bridgehead atoms. The van der Waals surface area contributed by atoms with Gasteiger partial charge in [0.05, 0.1) is 12.8 Å². The summed E-state index contributed by atoms with van der Waals surface area (Å²) >= 11 is 0. The molecule has 3 aromatic rings. The number of carbonyl (C=O) groups is 1. The largest absolute Gasteiger partial charge is 0.497 e. The zero-order valence-corrected chi connectivity index (χ0v) is 12.6. The van der Waals surface area contributed by atoms with Crippen LogP contribution in [0.4, 0.5) is 5.82 Å². The van der Waals surface area contributed by atoms with Crippen LogP contribution in [-0.4, -0.2) is 23.0 Å². The number of hydrogen-bond acceptors (Lipinski definition) is 4. The number of nitrogens with one attached hydrogen (secondary N) is 1. The molecule has 0 aliphatic rings. The van der Waals surface area contributed by atoms with E-state index in [4.69, 9.17) is 4.74 Å². The molecule has 1 N–H and O–H groups in total. The van der Waals surface area contributed by atoms with Crippen molar-refractivity contribution in [1.29, 1.82) is 0 Å². The van der Waals surface area contributed by atoms with Gasteiger partial charge in [-0.1, -0.05) is 30.3 Å². The van der Waals surface area contributed by atoms with Gasteiger partial charge < -0.3 is 10.1 Å². The Kier molecular flexibility index (Phi) is 4.29. The lowest BCUT2D eigenvalue weighted by Gasteiger charge is -2.07. The number of benzene rings is 2. The van der Waals surface area contributed by atoms with Crippen molar-refractivity contribution in [3.05, 3.63) is 72.6 Å². The molecule has 0 radical (unpaired) electrons. The van der Waals surface area contributed by atoms with Crippen LogP contribution in [0, 0.1) is 0 Å². The van der Waals surface area contributed by atoms with E-state index < -0.39 is 0 Å². The molecule has 0 aliphatic heterocycles. The molecule has 0 atom stereocenters. The second-order valence-electron chi connectivity index (χ2n) is 4.84. The zero-order chi connectivity index (χ0) is 16.1. The van der Waals surface area contributed by atoms with Gasteiger partial charge >= 0.3 is 0 Å². The third-order valence-electron chi connectivity index (χ3n) is 3.31. The van der Waals surface area contributed by atoms with Gasteiger partial charge in [0.1, 0.15) is 17.9 Å². The van der Waals surface area contributed by atoms with Gasteiger partial charge in [0.15, 0.2) is 0 Å². The van der Waals surface area contributed by atoms with Gasteiger partial charge in [0, 0.05) is 17.2 Å². The van der Waals surface area contributed by atoms with Gasteiger partial charge in [-0.25, -0.2) is 9.97 Å². The maximum absolute atomic E-state index is 12.2. The second kappa shape index (κ2) is 6.70. The molecule has 0 unspecified atom stereocenters. The Labute approximate surface area is 134 Å². The number of aromatic nitrogens is 2. The molecule has 2 aromatic carbocycles. The molecular weight excluding hydrogens is 290 g/mol. The molecular formula is C18H15N3O2. The molecule has 0 spiro atoms. The highest BCUT2D eigenvalue weighted by Crippen LogP contribution is 2.23. The summed E-state index contributed by atoms with van der Waals surface area (Å²) in [6.45, 7) is 0. The fourth-order valence-corrected chi connectivity index (χ4v) is 2.14. The van der Waals surface area contributed by atoms with Crippen molar-refractivity contribution in [1.82, 2.24) is 9.97 Å². The Morgan fingerprint density at radius 2 is 1.83 bits per heavy atom. The summed E-state index contributed by atoms with van der Waals surface area (Å²) in [5, 5.41) is 2.78. The van der Waals surface area contributed by atoms with Crippen molar-refractivity contribution in [2.75, 3.05) is 12.4 Å². The number of methoxy groups -OCH3 is 1. The van der Waals surface area contributed by atoms with Crippen LogP contribution in [-0.2, 0) is 0 Å². The van der Waals surface area contributed by atoms with E-state index in [1.54, 1.807) is 25.3 Å². The summed E-state index contributed by atoms with van der Waals surface area (Å²) in [4.78, 5) is 20.5. The van der Waals surface area contributed by atoms with E-state index in [2.05, 4.69) is 15.3 Å². The Bertz CT molecular complexity index is 819. The van der Waals surface area contributed by atoms with Crippen LogP contribution in [0.1, 0.15) is 10.4 Å². The molecule has 3 rings (SSSR count). The molecule has 0 fully saturated rings. The molecule has 5 nitrogen and oxygen atoms in total. The maximum atomic E-state index is 12.2. The predicted octanol–water partition coefficient (Wildman–Crippen LogP) is 3.40. The van der Waals surface area contributed by atoms with Gasteiger partial charge in [-0.15, -0.1) is 0 Å². The molecule has 5 heteroatoms. The minimum absolute atomic E-state index is 0.208. The number of rotatable bonds is 4. The van der Waals surface area contributed by atoms with E-state index in [9.17, 15) is 4.79 Å². The number of anilines is 1. The molecule has 23 heavy (non-hydrogen) atoms. The molecule has 0 saturated heterocycles. The van der Waals surface area contributed by atoms with Gasteiger partial charge in [0.2, 0.25) is 0 Å². The van der Waals surface area contributed by atoms with Crippen LogP contribution >= 0.6 is 0 Å². The van der Waals surface area contributed by atoms with E-state index in [-0.39, 0.29) is 5.91 Å². The van der Waals surface area contributed by atoms with Crippen molar-refractivity contribution in [2.45, 2.75) is 0 Å². The maximum Gasteiger partial charge on any atom is 0.256 e. The normalized spacial score (nSPS) is 10.1. The van der Waals surface area contributed by atoms with Crippen molar-refractivity contribution in [2.24, 2.45) is 0 Å². The molecule has 1 aromatic heterocycles. The molecule has 0 aliphatic carbocycles. The number of hydrogen-bond donors (Lipinski definition) is 1. The summed E-state index contributed by atoms with van der Waals surface area (Å²) in [6.07, 6.45) is 1.43. The summed E-state index contributed by atoms with van der Waals surface area (Å²) in [5.74, 6) is 0.989. The summed E-state index contributed by atoms with van der Waals surface area (Å²) in [6, 6.07) is 18.3. The lowest BCUT2D eigenvalue weighted by Crippen LogP contribution is -2.12. The highest BCUT2D eigenvalue weighted by Gasteiger charge is 2.08. The quantitative estimate of drug-likeness (QED) is 0.802. The SMILES string of the molecule is COc1cccc(-c2cc(NC(=O)c3ccccc3)ncn2)c1. The third kappa shape index (κ3) is 3.52. The third-order valence-corrected chi connectivity index (χ3v) is 3.31. The van der Waals surface area contributed by atoms with E-state index in [0.29, 0.717) is 17.1 Å². The number of amides is 1. The standard InChI is InChI=1S/C18H15N3O2/c1-23-15-9-5-8-14(10-15)16-11-17(20-12-19-16)21-18(22)13-6-3-2-4-7-13/h2-12H,1H3,(H,19,20,21,22). The number of ether oxygens (including phenoxy) is 1. The van der Waals surface area contributed by atoms with Crippen molar-refractivity contribution >= 4 is 11.7 Å². The summed E-state index contributed by atoms with van der Waals surface area (Å²) in [5.41, 5.74) is 2.18. The Morgan fingerprint density at radius 1 is 1.00 bits per heavy atom. The zero-order valence-electron chi connectivity index (χ0n) is 12.6. The first-order valence-corrected chi connectivity index (χ1v) is 7.09. The highest BCUT2D eigenvalue weighted by molar-refractivity contribution is 6.03. The molecule has 1 amide bonds. The first-order valence-electron chi connectivity index (χ1n) is 7.09. The fourth-order valence-electron chi connectivity index (χ4n) is 2.14. The summed E-state index contributed by atoms with van der Waals surface area (Å²) < 4.78 is 5.22. The van der Waals surface area contributed by atoms with Crippen LogP contribution in [0.15, 0.2) is 67.0 Å². The van der Waals surface area contributed by atoms with Crippen LogP contribution in [0.2, 0.25) is 0 Å². The monoisotopic (exact) mass is 305 g/mol. The highest BCUT2D eigenvalue weighted by atomic mass is 16.5. The first kappa shape index (κ1) is 14.7. The Balaban J connectivity index is 1.84. The number of carbonyl (C=O) groups excluding carboxylic acids is 1. The van der Waals surface area contributed by atoms with Crippen LogP contribution in [0.5, 0.6) is 5.75 Å². The van der Waals surface area contributed by atoms with Gasteiger partial charge in [0.25, 0.3) is 5.91 Å². The van der Waals surface area contributed by atoms with E-state index >= 15 is 0 Å². The van der Waals surface area contributed by atoms with E-state index in [0.717, 1.165) is 11.3 Å². The van der Waals surface area contributed by atoms with Crippen LogP contribution in [0.25, 0.3) is 11.3 Å². The Morgan fingerprint density at radius 3 is 2.61 bits per heavy atom. The van der Waals surface area contributed by atoms with Crippen LogP contribution in [0.3, 0.4) is 0 Å². The second-order valence-corrected chi connectivity index (χ2v) is 4.84. The molecule has 114 valence electrons. The van der Waals surface area contributed by atoms with Gasteiger partial charge in [-0.2, -0.15) is 0 Å². The summed E-state index contributed by atoms with van der Waals surface area (Å²) in [7, 11) is 1.62. The topological polar surface area (TPSA) is 64.1 Å². The molecule has 0 saturated carbocycles. The average molecular weight is 305 g/mol. The first-order chi connectivity index (χ1) is 11.3. The average Bonchev–Trinajstić information content (AvgIpc) is 2.63.